The summed E-state index contributed by atoms with van der Waals surface area (Å²) in [5, 5.41) is 3.19. The zero-order chi connectivity index (χ0) is 18.1. The van der Waals surface area contributed by atoms with Crippen molar-refractivity contribution in [3.05, 3.63) is 41.5 Å². The molecular weight excluding hydrogens is 331 g/mol. The van der Waals surface area contributed by atoms with Crippen molar-refractivity contribution in [3.8, 4) is 11.4 Å². The van der Waals surface area contributed by atoms with E-state index in [2.05, 4.69) is 20.2 Å². The van der Waals surface area contributed by atoms with Crippen LogP contribution >= 0.6 is 0 Å². The van der Waals surface area contributed by atoms with Crippen LogP contribution in [0, 0.1) is 5.82 Å². The Labute approximate surface area is 153 Å². The molecule has 1 aliphatic heterocycles. The smallest absolute Gasteiger partial charge is 0.237 e. The molecule has 0 unspecified atom stereocenters. The molecule has 6 heteroatoms. The van der Waals surface area contributed by atoms with E-state index < -0.39 is 0 Å². The van der Waals surface area contributed by atoms with E-state index in [1.807, 2.05) is 13.0 Å². The molecule has 1 amide bonds. The van der Waals surface area contributed by atoms with Gasteiger partial charge in [-0.1, -0.05) is 25.0 Å². The monoisotopic (exact) mass is 356 g/mol. The Bertz CT molecular complexity index is 797. The number of benzene rings is 1. The summed E-state index contributed by atoms with van der Waals surface area (Å²) >= 11 is 0. The number of nitrogens with zero attached hydrogens (tertiary/aromatic N) is 2. The van der Waals surface area contributed by atoms with Crippen LogP contribution in [0.3, 0.4) is 0 Å². The predicted octanol–water partition coefficient (Wildman–Crippen LogP) is 3.02. The van der Waals surface area contributed by atoms with E-state index in [-0.39, 0.29) is 17.8 Å². The minimum atomic E-state index is -0.268. The number of amides is 1. The first kappa shape index (κ1) is 17.2. The second-order valence-corrected chi connectivity index (χ2v) is 7.41. The zero-order valence-corrected chi connectivity index (χ0v) is 15.1. The topological polar surface area (TPSA) is 61.0 Å². The quantitative estimate of drug-likeness (QED) is 0.885. The van der Waals surface area contributed by atoms with Gasteiger partial charge >= 0.3 is 0 Å². The summed E-state index contributed by atoms with van der Waals surface area (Å²) in [5.74, 6) is 0.542. The van der Waals surface area contributed by atoms with Crippen LogP contribution < -0.4 is 5.32 Å². The van der Waals surface area contributed by atoms with Crippen LogP contribution in [0.4, 0.5) is 4.39 Å². The Kier molecular flexibility index (Phi) is 4.76. The van der Waals surface area contributed by atoms with Gasteiger partial charge in [0.2, 0.25) is 5.91 Å². The van der Waals surface area contributed by atoms with E-state index in [0.717, 1.165) is 42.8 Å². The van der Waals surface area contributed by atoms with Gasteiger partial charge < -0.3 is 10.3 Å². The maximum absolute atomic E-state index is 13.5. The molecule has 26 heavy (non-hydrogen) atoms. The Morgan fingerprint density at radius 2 is 2.19 bits per heavy atom. The fraction of sp³-hybridized carbons (Fsp3) is 0.500. The summed E-state index contributed by atoms with van der Waals surface area (Å²) < 4.78 is 13.5. The number of hydrogen-bond donors (Lipinski definition) is 2. The standard InChI is InChI=1S/C20H25FN4O/c1-13(20(26)22-16-7-2-3-8-16)25-10-9-17-18(12-25)24-19(23-17)14-5-4-6-15(21)11-14/h4-6,11,13,16H,2-3,7-10,12H2,1H3,(H,22,26)(H,23,24)/t13-/m1/s1. The average molecular weight is 356 g/mol. The van der Waals surface area contributed by atoms with Crippen molar-refractivity contribution in [1.82, 2.24) is 20.2 Å². The number of H-pyrrole nitrogens is 1. The van der Waals surface area contributed by atoms with E-state index >= 15 is 0 Å². The molecule has 1 aromatic carbocycles. The number of halogens is 1. The lowest BCUT2D eigenvalue weighted by Gasteiger charge is -2.31. The molecule has 0 bridgehead atoms. The van der Waals surface area contributed by atoms with Crippen LogP contribution in [0.15, 0.2) is 24.3 Å². The van der Waals surface area contributed by atoms with Crippen LogP contribution in [0.5, 0.6) is 0 Å². The van der Waals surface area contributed by atoms with Gasteiger partial charge in [0.25, 0.3) is 0 Å². The second kappa shape index (κ2) is 7.19. The van der Waals surface area contributed by atoms with Crippen LogP contribution in [0.25, 0.3) is 11.4 Å². The number of aromatic nitrogens is 2. The number of fused-ring (bicyclic) bond motifs is 1. The fourth-order valence-corrected chi connectivity index (χ4v) is 3.98. The lowest BCUT2D eigenvalue weighted by atomic mass is 10.1. The van der Waals surface area contributed by atoms with E-state index in [0.29, 0.717) is 18.4 Å². The molecular formula is C20H25FN4O. The highest BCUT2D eigenvalue weighted by Crippen LogP contribution is 2.24. The molecule has 0 spiro atoms. The molecule has 5 nitrogen and oxygen atoms in total. The summed E-state index contributed by atoms with van der Waals surface area (Å²) in [5.41, 5.74) is 2.79. The van der Waals surface area contributed by atoms with E-state index in [1.165, 1.54) is 25.0 Å². The number of rotatable bonds is 4. The van der Waals surface area contributed by atoms with Gasteiger partial charge in [0.15, 0.2) is 0 Å². The first-order chi connectivity index (χ1) is 12.6. The molecule has 1 aromatic heterocycles. The molecule has 0 radical (unpaired) electrons. The van der Waals surface area contributed by atoms with Gasteiger partial charge in [-0.25, -0.2) is 9.37 Å². The van der Waals surface area contributed by atoms with E-state index in [9.17, 15) is 9.18 Å². The molecule has 1 fully saturated rings. The van der Waals surface area contributed by atoms with Gasteiger partial charge in [0.05, 0.1) is 17.4 Å². The number of carbonyl (C=O) groups is 1. The Hall–Kier alpha value is -2.21. The molecule has 2 heterocycles. The Morgan fingerprint density at radius 3 is 2.96 bits per heavy atom. The first-order valence-electron chi connectivity index (χ1n) is 9.48. The minimum Gasteiger partial charge on any atom is -0.352 e. The van der Waals surface area contributed by atoms with E-state index in [4.69, 9.17) is 0 Å². The van der Waals surface area contributed by atoms with Crippen molar-refractivity contribution >= 4 is 5.91 Å². The van der Waals surface area contributed by atoms with Gasteiger partial charge in [0, 0.05) is 31.1 Å². The summed E-state index contributed by atoms with van der Waals surface area (Å²) in [6.07, 6.45) is 5.41. The molecule has 1 aliphatic carbocycles. The number of imidazole rings is 1. The summed E-state index contributed by atoms with van der Waals surface area (Å²) in [4.78, 5) is 22.7. The SMILES string of the molecule is C[C@H](C(=O)NC1CCCC1)N1CCc2nc(-c3cccc(F)c3)[nH]c2C1. The summed E-state index contributed by atoms with van der Waals surface area (Å²) in [6, 6.07) is 6.64. The molecule has 1 atom stereocenters. The first-order valence-corrected chi connectivity index (χ1v) is 9.48. The lowest BCUT2D eigenvalue weighted by Crippen LogP contribution is -2.49. The molecule has 2 aromatic rings. The molecule has 0 saturated heterocycles. The molecule has 2 aliphatic rings. The van der Waals surface area contributed by atoms with E-state index in [1.54, 1.807) is 6.07 Å². The lowest BCUT2D eigenvalue weighted by molar-refractivity contribution is -0.126. The zero-order valence-electron chi connectivity index (χ0n) is 15.1. The molecule has 138 valence electrons. The highest BCUT2D eigenvalue weighted by atomic mass is 19.1. The maximum Gasteiger partial charge on any atom is 0.237 e. The third kappa shape index (κ3) is 3.51. The second-order valence-electron chi connectivity index (χ2n) is 7.41. The van der Waals surface area contributed by atoms with Crippen LogP contribution in [-0.4, -0.2) is 39.4 Å². The fourth-order valence-electron chi connectivity index (χ4n) is 3.98. The van der Waals surface area contributed by atoms with Crippen LogP contribution in [0.1, 0.15) is 44.0 Å². The van der Waals surface area contributed by atoms with Crippen molar-refractivity contribution in [2.75, 3.05) is 6.54 Å². The molecule has 4 rings (SSSR count). The number of hydrogen-bond acceptors (Lipinski definition) is 3. The molecule has 1 saturated carbocycles. The minimum absolute atomic E-state index is 0.116. The van der Waals surface area contributed by atoms with Gasteiger partial charge in [-0.3, -0.25) is 9.69 Å². The highest BCUT2D eigenvalue weighted by molar-refractivity contribution is 5.81. The number of nitrogens with one attached hydrogen (secondary N) is 2. The van der Waals surface area contributed by atoms with Gasteiger partial charge in [-0.15, -0.1) is 0 Å². The van der Waals surface area contributed by atoms with Gasteiger partial charge in [-0.2, -0.15) is 0 Å². The largest absolute Gasteiger partial charge is 0.352 e. The van der Waals surface area contributed by atoms with Crippen molar-refractivity contribution in [2.45, 2.75) is 57.7 Å². The van der Waals surface area contributed by atoms with Gasteiger partial charge in [-0.05, 0) is 31.9 Å². The predicted molar refractivity (Wildman–Crippen MR) is 98.0 cm³/mol. The van der Waals surface area contributed by atoms with Crippen molar-refractivity contribution in [2.24, 2.45) is 0 Å². The van der Waals surface area contributed by atoms with Crippen LogP contribution in [0.2, 0.25) is 0 Å². The normalized spacial score (nSPS) is 19.3. The number of aromatic amines is 1. The maximum atomic E-state index is 13.5. The van der Waals surface area contributed by atoms with Gasteiger partial charge in [0.1, 0.15) is 11.6 Å². The van der Waals surface area contributed by atoms with Crippen LogP contribution in [-0.2, 0) is 17.8 Å². The Morgan fingerprint density at radius 1 is 1.38 bits per heavy atom. The number of carbonyl (C=O) groups excluding carboxylic acids is 1. The van der Waals surface area contributed by atoms with Crippen molar-refractivity contribution in [3.63, 3.8) is 0 Å². The Balaban J connectivity index is 1.44. The summed E-state index contributed by atoms with van der Waals surface area (Å²) in [7, 11) is 0. The van der Waals surface area contributed by atoms with Crippen molar-refractivity contribution in [1.29, 1.82) is 0 Å². The molecule has 2 N–H and O–H groups in total. The third-order valence-corrected chi connectivity index (χ3v) is 5.59. The third-order valence-electron chi connectivity index (χ3n) is 5.59. The average Bonchev–Trinajstić information content (AvgIpc) is 3.29. The highest BCUT2D eigenvalue weighted by Gasteiger charge is 2.29. The summed E-state index contributed by atoms with van der Waals surface area (Å²) in [6.45, 7) is 3.44. The van der Waals surface area contributed by atoms with Crippen molar-refractivity contribution < 1.29 is 9.18 Å².